The van der Waals surface area contributed by atoms with Crippen molar-refractivity contribution in [2.45, 2.75) is 0 Å². The van der Waals surface area contributed by atoms with E-state index in [2.05, 4.69) is 15.4 Å². The Morgan fingerprint density at radius 1 is 1.09 bits per heavy atom. The third-order valence-electron chi connectivity index (χ3n) is 4.86. The second kappa shape index (κ2) is 8.71. The first-order valence-corrected chi connectivity index (χ1v) is 10.8. The number of hydrogen-bond acceptors (Lipinski definition) is 6. The zero-order valence-electron chi connectivity index (χ0n) is 17.1. The number of phenols is 1. The van der Waals surface area contributed by atoms with Crippen molar-refractivity contribution in [3.63, 3.8) is 0 Å². The van der Waals surface area contributed by atoms with Crippen LogP contribution in [0.5, 0.6) is 11.5 Å². The maximum Gasteiger partial charge on any atom is 0.262 e. The fourth-order valence-corrected chi connectivity index (χ4v) is 4.10. The van der Waals surface area contributed by atoms with Crippen molar-refractivity contribution in [2.24, 2.45) is 10.1 Å². The van der Waals surface area contributed by atoms with Gasteiger partial charge in [0.2, 0.25) is 4.80 Å². The number of aromatic nitrogens is 1. The predicted molar refractivity (Wildman–Crippen MR) is 125 cm³/mol. The molecule has 0 unspecified atom stereocenters. The summed E-state index contributed by atoms with van der Waals surface area (Å²) < 4.78 is 20.4. The van der Waals surface area contributed by atoms with E-state index >= 15 is 0 Å². The molecule has 0 atom stereocenters. The van der Waals surface area contributed by atoms with Crippen LogP contribution in [0.1, 0.15) is 5.56 Å². The van der Waals surface area contributed by atoms with Gasteiger partial charge in [-0.25, -0.2) is 14.1 Å². The fourth-order valence-electron chi connectivity index (χ4n) is 3.24. The van der Waals surface area contributed by atoms with Crippen LogP contribution in [0.3, 0.4) is 0 Å². The number of carbonyl (C=O) groups excluding carboxylic acids is 1. The number of halogens is 1. The lowest BCUT2D eigenvalue weighted by Gasteiger charge is -2.18. The van der Waals surface area contributed by atoms with Crippen LogP contribution in [0.15, 0.2) is 82.2 Å². The molecule has 0 fully saturated rings. The van der Waals surface area contributed by atoms with Gasteiger partial charge in [-0.1, -0.05) is 0 Å². The molecule has 0 saturated carbocycles. The molecule has 9 heteroatoms. The van der Waals surface area contributed by atoms with Gasteiger partial charge >= 0.3 is 0 Å². The monoisotopic (exact) mass is 460 g/mol. The lowest BCUT2D eigenvalue weighted by molar-refractivity contribution is -0.118. The van der Waals surface area contributed by atoms with Crippen LogP contribution in [0.2, 0.25) is 0 Å². The number of aromatic hydroxyl groups is 1. The molecule has 7 nitrogen and oxygen atoms in total. The van der Waals surface area contributed by atoms with Gasteiger partial charge in [0.15, 0.2) is 6.61 Å². The smallest absolute Gasteiger partial charge is 0.262 e. The Balaban J connectivity index is 1.61. The van der Waals surface area contributed by atoms with E-state index < -0.39 is 0 Å². The number of nitrogens with one attached hydrogen (secondary N) is 1. The first-order chi connectivity index (χ1) is 16.0. The van der Waals surface area contributed by atoms with Gasteiger partial charge in [-0.15, -0.1) is 11.3 Å². The molecule has 0 bridgehead atoms. The van der Waals surface area contributed by atoms with E-state index in [0.717, 1.165) is 16.8 Å². The Labute approximate surface area is 191 Å². The SMILES string of the molecule is O=C1COc2ccc(-c3csc(=Nc4ccc(F)cc4)n3N=Cc3ccc(O)cc3)cc2N1. The largest absolute Gasteiger partial charge is 0.508 e. The summed E-state index contributed by atoms with van der Waals surface area (Å²) in [5.41, 5.74) is 3.51. The average Bonchev–Trinajstić information content (AvgIpc) is 3.22. The average molecular weight is 460 g/mol. The number of nitrogens with zero attached hydrogens (tertiary/aromatic N) is 3. The standard InChI is InChI=1S/C24H17FN4O3S/c25-17-4-6-18(7-5-17)27-24-29(26-12-15-1-8-19(30)9-2-15)21(14-33-24)16-3-10-22-20(11-16)28-23(31)13-32-22/h1-12,14,30H,13H2,(H,28,31). The number of hydrogen-bond donors (Lipinski definition) is 2. The maximum absolute atomic E-state index is 13.3. The molecule has 1 amide bonds. The normalized spacial score (nSPS) is 13.6. The number of anilines is 1. The van der Waals surface area contributed by atoms with Crippen molar-refractivity contribution in [3.05, 3.63) is 88.3 Å². The van der Waals surface area contributed by atoms with Crippen LogP contribution >= 0.6 is 11.3 Å². The van der Waals surface area contributed by atoms with Gasteiger partial charge in [-0.3, -0.25) is 4.79 Å². The molecule has 5 rings (SSSR count). The van der Waals surface area contributed by atoms with Crippen LogP contribution in [0, 0.1) is 5.82 Å². The molecular formula is C24H17FN4O3S. The molecule has 0 spiro atoms. The third-order valence-corrected chi connectivity index (χ3v) is 5.68. The Kier molecular flexibility index (Phi) is 5.45. The second-order valence-electron chi connectivity index (χ2n) is 7.19. The number of benzene rings is 3. The highest BCUT2D eigenvalue weighted by atomic mass is 32.1. The van der Waals surface area contributed by atoms with E-state index in [4.69, 9.17) is 4.74 Å². The Morgan fingerprint density at radius 3 is 2.67 bits per heavy atom. The molecule has 0 radical (unpaired) electrons. The number of ether oxygens (including phenoxy) is 1. The Bertz CT molecular complexity index is 1420. The summed E-state index contributed by atoms with van der Waals surface area (Å²) in [6.45, 7) is -0.0115. The number of thiazole rings is 1. The van der Waals surface area contributed by atoms with Crippen LogP contribution in [0.25, 0.3) is 11.3 Å². The van der Waals surface area contributed by atoms with Crippen molar-refractivity contribution >= 4 is 34.8 Å². The molecule has 0 aliphatic carbocycles. The lowest BCUT2D eigenvalue weighted by atomic mass is 10.1. The van der Waals surface area contributed by atoms with Crippen LogP contribution in [-0.2, 0) is 4.79 Å². The predicted octanol–water partition coefficient (Wildman–Crippen LogP) is 4.51. The summed E-state index contributed by atoms with van der Waals surface area (Å²) in [5, 5.41) is 18.9. The van der Waals surface area contributed by atoms with Gasteiger partial charge in [0.05, 0.1) is 23.3 Å². The first-order valence-electron chi connectivity index (χ1n) is 9.96. The van der Waals surface area contributed by atoms with E-state index in [0.29, 0.717) is 21.9 Å². The van der Waals surface area contributed by atoms with E-state index in [1.165, 1.54) is 23.5 Å². The minimum atomic E-state index is -0.336. The van der Waals surface area contributed by atoms with Crippen LogP contribution in [-0.4, -0.2) is 28.5 Å². The number of fused-ring (bicyclic) bond motifs is 1. The van der Waals surface area contributed by atoms with Crippen LogP contribution in [0.4, 0.5) is 15.8 Å². The lowest BCUT2D eigenvalue weighted by Crippen LogP contribution is -2.25. The molecule has 33 heavy (non-hydrogen) atoms. The first kappa shape index (κ1) is 20.7. The van der Waals surface area contributed by atoms with Crippen molar-refractivity contribution in [3.8, 4) is 22.8 Å². The van der Waals surface area contributed by atoms with Crippen molar-refractivity contribution in [1.29, 1.82) is 0 Å². The summed E-state index contributed by atoms with van der Waals surface area (Å²) in [5.74, 6) is 0.220. The molecule has 2 heterocycles. The van der Waals surface area contributed by atoms with E-state index in [-0.39, 0.29) is 24.1 Å². The molecule has 3 aromatic carbocycles. The summed E-state index contributed by atoms with van der Waals surface area (Å²) >= 11 is 1.38. The maximum atomic E-state index is 13.3. The molecule has 1 aliphatic heterocycles. The summed E-state index contributed by atoms with van der Waals surface area (Å²) in [6.07, 6.45) is 1.66. The van der Waals surface area contributed by atoms with Crippen LogP contribution < -0.4 is 14.9 Å². The summed E-state index contributed by atoms with van der Waals surface area (Å²) in [6, 6.07) is 18.0. The van der Waals surface area contributed by atoms with E-state index in [1.807, 2.05) is 17.5 Å². The Hall–Kier alpha value is -4.24. The van der Waals surface area contributed by atoms with E-state index in [9.17, 15) is 14.3 Å². The van der Waals surface area contributed by atoms with Gasteiger partial charge in [-0.05, 0) is 72.3 Å². The minimum Gasteiger partial charge on any atom is -0.508 e. The van der Waals surface area contributed by atoms with Crippen molar-refractivity contribution in [2.75, 3.05) is 11.9 Å². The topological polar surface area (TPSA) is 88.2 Å². The molecular weight excluding hydrogens is 443 g/mol. The zero-order valence-corrected chi connectivity index (χ0v) is 17.9. The molecule has 4 aromatic rings. The highest BCUT2D eigenvalue weighted by molar-refractivity contribution is 7.07. The Morgan fingerprint density at radius 2 is 1.88 bits per heavy atom. The van der Waals surface area contributed by atoms with Gasteiger partial charge in [0, 0.05) is 10.9 Å². The number of amides is 1. The van der Waals surface area contributed by atoms with Gasteiger partial charge in [0.25, 0.3) is 5.91 Å². The molecule has 164 valence electrons. The van der Waals surface area contributed by atoms with E-state index in [1.54, 1.807) is 53.4 Å². The second-order valence-corrected chi connectivity index (χ2v) is 8.02. The number of phenolic OH excluding ortho intramolecular Hbond substituents is 1. The van der Waals surface area contributed by atoms with Crippen molar-refractivity contribution < 1.29 is 19.0 Å². The van der Waals surface area contributed by atoms with Crippen molar-refractivity contribution in [1.82, 2.24) is 4.68 Å². The zero-order chi connectivity index (χ0) is 22.8. The summed E-state index contributed by atoms with van der Waals surface area (Å²) in [7, 11) is 0. The fraction of sp³-hybridized carbons (Fsp3) is 0.0417. The highest BCUT2D eigenvalue weighted by Gasteiger charge is 2.17. The number of rotatable bonds is 4. The molecule has 2 N–H and O–H groups in total. The van der Waals surface area contributed by atoms with Gasteiger partial charge < -0.3 is 15.2 Å². The highest BCUT2D eigenvalue weighted by Crippen LogP contribution is 2.33. The molecule has 1 aromatic heterocycles. The quantitative estimate of drug-likeness (QED) is 0.440. The van der Waals surface area contributed by atoms with Gasteiger partial charge in [0.1, 0.15) is 17.3 Å². The minimum absolute atomic E-state index is 0.0115. The summed E-state index contributed by atoms with van der Waals surface area (Å²) in [4.78, 5) is 16.9. The molecule has 1 aliphatic rings. The van der Waals surface area contributed by atoms with Gasteiger partial charge in [-0.2, -0.15) is 5.10 Å². The molecule has 0 saturated heterocycles. The number of carbonyl (C=O) groups is 1. The third kappa shape index (κ3) is 4.53.